The Labute approximate surface area is 121 Å². The fourth-order valence-corrected chi connectivity index (χ4v) is 2.92. The second-order valence-corrected chi connectivity index (χ2v) is 5.58. The van der Waals surface area contributed by atoms with E-state index >= 15 is 0 Å². The summed E-state index contributed by atoms with van der Waals surface area (Å²) in [5.41, 5.74) is 0. The number of ether oxygens (including phenoxy) is 1. The molecule has 0 radical (unpaired) electrons. The number of halogens is 2. The van der Waals surface area contributed by atoms with Crippen LogP contribution < -0.4 is 9.64 Å². The van der Waals surface area contributed by atoms with Crippen LogP contribution in [0.25, 0.3) is 0 Å². The first-order valence-corrected chi connectivity index (χ1v) is 7.48. The van der Waals surface area contributed by atoms with Gasteiger partial charge in [0.05, 0.1) is 17.8 Å². The molecule has 4 nitrogen and oxygen atoms in total. The van der Waals surface area contributed by atoms with Crippen molar-refractivity contribution in [3.05, 3.63) is 10.7 Å². The second kappa shape index (κ2) is 6.57. The van der Waals surface area contributed by atoms with Crippen LogP contribution in [0.1, 0.15) is 25.7 Å². The third kappa shape index (κ3) is 3.06. The summed E-state index contributed by atoms with van der Waals surface area (Å²) in [7, 11) is 1.61. The first-order chi connectivity index (χ1) is 8.76. The van der Waals surface area contributed by atoms with Crippen molar-refractivity contribution in [2.45, 2.75) is 31.7 Å². The Bertz CT molecular complexity index is 403. The molecule has 0 aliphatic carbocycles. The van der Waals surface area contributed by atoms with Gasteiger partial charge >= 0.3 is 0 Å². The smallest absolute Gasteiger partial charge is 0.232 e. The molecule has 6 heteroatoms. The molecule has 0 bridgehead atoms. The van der Waals surface area contributed by atoms with Gasteiger partial charge in [-0.2, -0.15) is 4.98 Å². The van der Waals surface area contributed by atoms with Crippen LogP contribution in [0.4, 0.5) is 5.95 Å². The fraction of sp³-hybridized carbons (Fsp3) is 0.667. The van der Waals surface area contributed by atoms with Crippen LogP contribution in [0, 0.1) is 0 Å². The number of aromatic nitrogens is 2. The number of hydrogen-bond donors (Lipinski definition) is 0. The summed E-state index contributed by atoms with van der Waals surface area (Å²) in [5.74, 6) is 1.99. The highest BCUT2D eigenvalue weighted by Crippen LogP contribution is 2.28. The summed E-state index contributed by atoms with van der Waals surface area (Å²) < 4.78 is 6.00. The van der Waals surface area contributed by atoms with Gasteiger partial charge in [0.2, 0.25) is 11.8 Å². The first kappa shape index (κ1) is 13.9. The van der Waals surface area contributed by atoms with Gasteiger partial charge in [-0.05, 0) is 41.6 Å². The van der Waals surface area contributed by atoms with E-state index in [-0.39, 0.29) is 0 Å². The molecule has 18 heavy (non-hydrogen) atoms. The first-order valence-electron chi connectivity index (χ1n) is 6.15. The number of rotatable bonds is 4. The normalized spacial score (nSPS) is 19.9. The zero-order valence-corrected chi connectivity index (χ0v) is 12.7. The number of hydrogen-bond acceptors (Lipinski definition) is 4. The number of nitrogens with zero attached hydrogens (tertiary/aromatic N) is 3. The maximum atomic E-state index is 5.87. The average Bonchev–Trinajstić information content (AvgIpc) is 2.40. The van der Waals surface area contributed by atoms with Crippen molar-refractivity contribution >= 4 is 33.5 Å². The molecule has 1 saturated heterocycles. The lowest BCUT2D eigenvalue weighted by atomic mass is 10.0. The van der Waals surface area contributed by atoms with Crippen molar-refractivity contribution < 1.29 is 4.74 Å². The van der Waals surface area contributed by atoms with Crippen molar-refractivity contribution in [3.8, 4) is 5.88 Å². The molecule has 2 rings (SSSR count). The molecule has 1 unspecified atom stereocenters. The Balaban J connectivity index is 2.22. The predicted molar refractivity (Wildman–Crippen MR) is 76.6 cm³/mol. The molecule has 1 aliphatic heterocycles. The van der Waals surface area contributed by atoms with Crippen LogP contribution in [0.2, 0.25) is 0 Å². The lowest BCUT2D eigenvalue weighted by Gasteiger charge is -2.35. The minimum absolute atomic E-state index is 0.446. The number of piperidine rings is 1. The third-order valence-corrected chi connectivity index (χ3v) is 3.98. The van der Waals surface area contributed by atoms with Crippen molar-refractivity contribution in [1.82, 2.24) is 9.97 Å². The van der Waals surface area contributed by atoms with Crippen molar-refractivity contribution in [2.24, 2.45) is 0 Å². The summed E-state index contributed by atoms with van der Waals surface area (Å²) in [6.45, 7) is 0.992. The molecule has 0 saturated carbocycles. The quantitative estimate of drug-likeness (QED) is 0.792. The van der Waals surface area contributed by atoms with Crippen LogP contribution in [-0.2, 0) is 0 Å². The van der Waals surface area contributed by atoms with E-state index in [1.54, 1.807) is 13.3 Å². The molecule has 0 spiro atoms. The van der Waals surface area contributed by atoms with E-state index in [4.69, 9.17) is 16.3 Å². The van der Waals surface area contributed by atoms with Crippen molar-refractivity contribution in [2.75, 3.05) is 24.4 Å². The van der Waals surface area contributed by atoms with E-state index < -0.39 is 0 Å². The van der Waals surface area contributed by atoms with E-state index in [2.05, 4.69) is 30.8 Å². The highest BCUT2D eigenvalue weighted by atomic mass is 79.9. The molecule has 2 heterocycles. The van der Waals surface area contributed by atoms with Crippen molar-refractivity contribution in [3.63, 3.8) is 0 Å². The molecule has 1 aromatic rings. The summed E-state index contributed by atoms with van der Waals surface area (Å²) in [6.07, 6.45) is 6.32. The van der Waals surface area contributed by atoms with Gasteiger partial charge in [0.15, 0.2) is 0 Å². The predicted octanol–water partition coefficient (Wildman–Crippen LogP) is 3.24. The maximum Gasteiger partial charge on any atom is 0.232 e. The molecule has 0 aromatic carbocycles. The highest BCUT2D eigenvalue weighted by Gasteiger charge is 2.24. The van der Waals surface area contributed by atoms with Gasteiger partial charge < -0.3 is 9.64 Å². The number of alkyl halides is 1. The molecule has 0 N–H and O–H groups in total. The standard InChI is InChI=1S/C12H17BrClN3O/c1-18-11-10(13)8-15-12(16-11)17-7-3-2-4-9(17)5-6-14/h8-9H,2-7H2,1H3. The minimum atomic E-state index is 0.446. The van der Waals surface area contributed by atoms with Gasteiger partial charge in [0, 0.05) is 18.5 Å². The van der Waals surface area contributed by atoms with E-state index in [1.807, 2.05) is 0 Å². The fourth-order valence-electron chi connectivity index (χ4n) is 2.31. The Hall–Kier alpha value is -0.550. The van der Waals surface area contributed by atoms with E-state index in [1.165, 1.54) is 12.8 Å². The number of methoxy groups -OCH3 is 1. The van der Waals surface area contributed by atoms with Crippen molar-refractivity contribution in [1.29, 1.82) is 0 Å². The van der Waals surface area contributed by atoms with Gasteiger partial charge in [0.1, 0.15) is 0 Å². The molecule has 100 valence electrons. The largest absolute Gasteiger partial charge is 0.480 e. The second-order valence-electron chi connectivity index (χ2n) is 4.35. The molecule has 1 aromatic heterocycles. The Morgan fingerprint density at radius 2 is 2.39 bits per heavy atom. The van der Waals surface area contributed by atoms with Crippen LogP contribution in [0.15, 0.2) is 10.7 Å². The zero-order valence-electron chi connectivity index (χ0n) is 10.4. The van der Waals surface area contributed by atoms with Gasteiger partial charge in [-0.1, -0.05) is 0 Å². The molecule has 1 aliphatic rings. The Kier molecular flexibility index (Phi) is 5.06. The molecular formula is C12H17BrClN3O. The summed E-state index contributed by atoms with van der Waals surface area (Å²) in [4.78, 5) is 11.1. The lowest BCUT2D eigenvalue weighted by molar-refractivity contribution is 0.389. The Morgan fingerprint density at radius 1 is 1.56 bits per heavy atom. The summed E-state index contributed by atoms with van der Waals surface area (Å²) in [6, 6.07) is 0.446. The van der Waals surface area contributed by atoms with Crippen LogP contribution in [-0.4, -0.2) is 35.5 Å². The molecule has 1 fully saturated rings. The number of anilines is 1. The third-order valence-electron chi connectivity index (χ3n) is 3.22. The zero-order chi connectivity index (χ0) is 13.0. The SMILES string of the molecule is COc1nc(N2CCCCC2CCCl)ncc1Br. The van der Waals surface area contributed by atoms with Gasteiger partial charge in [-0.25, -0.2) is 4.98 Å². The van der Waals surface area contributed by atoms with Crippen LogP contribution in [0.3, 0.4) is 0 Å². The maximum absolute atomic E-state index is 5.87. The topological polar surface area (TPSA) is 38.2 Å². The Morgan fingerprint density at radius 3 is 3.11 bits per heavy atom. The average molecular weight is 335 g/mol. The van der Waals surface area contributed by atoms with Crippen LogP contribution in [0.5, 0.6) is 5.88 Å². The van der Waals surface area contributed by atoms with E-state index in [9.17, 15) is 0 Å². The summed E-state index contributed by atoms with van der Waals surface area (Å²) in [5, 5.41) is 0. The van der Waals surface area contributed by atoms with E-state index in [0.717, 1.165) is 29.8 Å². The van der Waals surface area contributed by atoms with E-state index in [0.29, 0.717) is 17.8 Å². The molecule has 1 atom stereocenters. The minimum Gasteiger partial charge on any atom is -0.480 e. The molecular weight excluding hydrogens is 318 g/mol. The lowest BCUT2D eigenvalue weighted by Crippen LogP contribution is -2.41. The highest BCUT2D eigenvalue weighted by molar-refractivity contribution is 9.10. The van der Waals surface area contributed by atoms with Crippen LogP contribution >= 0.6 is 27.5 Å². The van der Waals surface area contributed by atoms with Gasteiger partial charge in [0.25, 0.3) is 0 Å². The van der Waals surface area contributed by atoms with Gasteiger partial charge in [-0.3, -0.25) is 0 Å². The monoisotopic (exact) mass is 333 g/mol. The summed E-state index contributed by atoms with van der Waals surface area (Å²) >= 11 is 9.24. The van der Waals surface area contributed by atoms with Gasteiger partial charge in [-0.15, -0.1) is 11.6 Å². The molecule has 0 amide bonds.